The van der Waals surface area contributed by atoms with Crippen molar-refractivity contribution in [3.8, 4) is 0 Å². The van der Waals surface area contributed by atoms with Crippen molar-refractivity contribution in [1.82, 2.24) is 9.88 Å². The number of thiazole rings is 1. The summed E-state index contributed by atoms with van der Waals surface area (Å²) in [6.07, 6.45) is 0. The molecule has 130 valence electrons. The number of anilines is 1. The number of carbonyl (C=O) groups is 1. The molecule has 24 heavy (non-hydrogen) atoms. The number of amides is 1. The number of carbonyl (C=O) groups excluding carboxylic acids is 1. The molecule has 2 rings (SSSR count). The highest BCUT2D eigenvalue weighted by Crippen LogP contribution is 2.26. The van der Waals surface area contributed by atoms with Crippen LogP contribution in [0.4, 0.5) is 13.9 Å². The fourth-order valence-corrected chi connectivity index (χ4v) is 3.37. The smallest absolute Gasteiger partial charge is 0.225 e. The molecule has 1 amide bonds. The van der Waals surface area contributed by atoms with Gasteiger partial charge in [-0.1, -0.05) is 0 Å². The van der Waals surface area contributed by atoms with Gasteiger partial charge in [0.15, 0.2) is 5.13 Å². The largest absolute Gasteiger partial charge is 0.294 e. The van der Waals surface area contributed by atoms with Gasteiger partial charge in [-0.15, -0.1) is 11.3 Å². The molecule has 0 spiro atoms. The number of hydrogen-bond donors (Lipinski definition) is 0. The van der Waals surface area contributed by atoms with Crippen LogP contribution in [0.15, 0.2) is 23.6 Å². The van der Waals surface area contributed by atoms with Gasteiger partial charge in [0.1, 0.15) is 11.6 Å². The van der Waals surface area contributed by atoms with E-state index in [2.05, 4.69) is 4.98 Å². The lowest BCUT2D eigenvalue weighted by atomic mass is 10.1. The second-order valence-corrected chi connectivity index (χ2v) is 6.48. The van der Waals surface area contributed by atoms with Crippen molar-refractivity contribution < 1.29 is 13.6 Å². The zero-order valence-electron chi connectivity index (χ0n) is 14.2. The van der Waals surface area contributed by atoms with E-state index in [4.69, 9.17) is 0 Å². The molecule has 0 fully saturated rings. The maximum Gasteiger partial charge on any atom is 0.225 e. The highest BCUT2D eigenvalue weighted by molar-refractivity contribution is 7.14. The van der Waals surface area contributed by atoms with Crippen molar-refractivity contribution in [2.24, 2.45) is 0 Å². The van der Waals surface area contributed by atoms with E-state index in [0.717, 1.165) is 17.8 Å². The summed E-state index contributed by atoms with van der Waals surface area (Å²) >= 11 is 1.40. The van der Waals surface area contributed by atoms with Gasteiger partial charge < -0.3 is 0 Å². The van der Waals surface area contributed by atoms with Crippen molar-refractivity contribution in [2.75, 3.05) is 18.5 Å². The monoisotopic (exact) mass is 353 g/mol. The van der Waals surface area contributed by atoms with Crippen LogP contribution in [0.2, 0.25) is 0 Å². The first-order valence-electron chi connectivity index (χ1n) is 7.71. The molecule has 1 heterocycles. The number of rotatable bonds is 6. The zero-order valence-corrected chi connectivity index (χ0v) is 15.0. The van der Waals surface area contributed by atoms with Crippen LogP contribution in [0.5, 0.6) is 0 Å². The molecular weight excluding hydrogens is 332 g/mol. The molecular formula is C17H21F2N3OS. The van der Waals surface area contributed by atoms with Crippen LogP contribution < -0.4 is 4.90 Å². The van der Waals surface area contributed by atoms with E-state index in [-0.39, 0.29) is 11.9 Å². The lowest BCUT2D eigenvalue weighted by Crippen LogP contribution is -2.28. The highest BCUT2D eigenvalue weighted by Gasteiger charge is 2.19. The average Bonchev–Trinajstić information content (AvgIpc) is 2.97. The molecule has 0 saturated carbocycles. The lowest BCUT2D eigenvalue weighted by Gasteiger charge is -2.24. The Kier molecular flexibility index (Phi) is 6.01. The minimum absolute atomic E-state index is 0.0537. The molecule has 1 unspecified atom stereocenters. The molecule has 1 aromatic heterocycles. The van der Waals surface area contributed by atoms with E-state index in [9.17, 15) is 13.6 Å². The Bertz CT molecular complexity index is 720. The molecule has 1 atom stereocenters. The lowest BCUT2D eigenvalue weighted by molar-refractivity contribution is -0.116. The molecule has 0 radical (unpaired) electrons. The predicted molar refractivity (Wildman–Crippen MR) is 92.1 cm³/mol. The van der Waals surface area contributed by atoms with Crippen LogP contribution in [0.3, 0.4) is 0 Å². The molecule has 4 nitrogen and oxygen atoms in total. The highest BCUT2D eigenvalue weighted by atomic mass is 32.1. The van der Waals surface area contributed by atoms with Gasteiger partial charge in [0, 0.05) is 37.0 Å². The fourth-order valence-electron chi connectivity index (χ4n) is 2.45. The maximum atomic E-state index is 13.9. The van der Waals surface area contributed by atoms with Crippen molar-refractivity contribution in [3.63, 3.8) is 0 Å². The van der Waals surface area contributed by atoms with Crippen LogP contribution >= 0.6 is 11.3 Å². The van der Waals surface area contributed by atoms with E-state index >= 15 is 0 Å². The van der Waals surface area contributed by atoms with Crippen molar-refractivity contribution in [2.45, 2.75) is 33.4 Å². The van der Waals surface area contributed by atoms with E-state index in [1.807, 2.05) is 31.2 Å². The Morgan fingerprint density at radius 2 is 2.08 bits per heavy atom. The van der Waals surface area contributed by atoms with Crippen LogP contribution in [-0.4, -0.2) is 29.4 Å². The summed E-state index contributed by atoms with van der Waals surface area (Å²) in [7, 11) is 1.83. The van der Waals surface area contributed by atoms with Gasteiger partial charge in [0.25, 0.3) is 0 Å². The Labute approximate surface area is 144 Å². The first-order chi connectivity index (χ1) is 11.3. The Morgan fingerprint density at radius 3 is 2.71 bits per heavy atom. The van der Waals surface area contributed by atoms with Crippen LogP contribution in [-0.2, 0) is 11.3 Å². The average molecular weight is 353 g/mol. The Morgan fingerprint density at radius 1 is 1.38 bits per heavy atom. The van der Waals surface area contributed by atoms with Crippen LogP contribution in [0, 0.1) is 11.6 Å². The van der Waals surface area contributed by atoms with E-state index in [1.54, 1.807) is 4.90 Å². The maximum absolute atomic E-state index is 13.9. The summed E-state index contributed by atoms with van der Waals surface area (Å²) in [6.45, 7) is 6.25. The summed E-state index contributed by atoms with van der Waals surface area (Å²) < 4.78 is 27.3. The van der Waals surface area contributed by atoms with Gasteiger partial charge in [0.05, 0.1) is 5.69 Å². The topological polar surface area (TPSA) is 36.4 Å². The Hall–Kier alpha value is -1.86. The number of benzene rings is 1. The Balaban J connectivity index is 2.12. The van der Waals surface area contributed by atoms with Gasteiger partial charge in [-0.3, -0.25) is 14.6 Å². The number of hydrogen-bond acceptors (Lipinski definition) is 4. The minimum atomic E-state index is -0.456. The van der Waals surface area contributed by atoms with Gasteiger partial charge in [-0.2, -0.15) is 0 Å². The molecule has 0 saturated heterocycles. The first-order valence-corrected chi connectivity index (χ1v) is 8.59. The van der Waals surface area contributed by atoms with Gasteiger partial charge in [0.2, 0.25) is 5.91 Å². The molecule has 0 bridgehead atoms. The summed E-state index contributed by atoms with van der Waals surface area (Å²) in [6, 6.07) is 3.17. The molecule has 7 heteroatoms. The molecule has 0 aliphatic rings. The molecule has 0 aliphatic heterocycles. The minimum Gasteiger partial charge on any atom is -0.294 e. The van der Waals surface area contributed by atoms with Gasteiger partial charge in [-0.25, -0.2) is 13.8 Å². The third-order valence-electron chi connectivity index (χ3n) is 3.95. The number of aromatic nitrogens is 1. The third kappa shape index (κ3) is 4.15. The summed E-state index contributed by atoms with van der Waals surface area (Å²) in [5.74, 6) is -0.937. The van der Waals surface area contributed by atoms with Crippen molar-refractivity contribution in [3.05, 3.63) is 46.5 Å². The normalized spacial score (nSPS) is 12.5. The quantitative estimate of drug-likeness (QED) is 0.788. The van der Waals surface area contributed by atoms with Crippen molar-refractivity contribution >= 4 is 22.4 Å². The summed E-state index contributed by atoms with van der Waals surface area (Å²) in [4.78, 5) is 19.5. The number of halogens is 2. The summed E-state index contributed by atoms with van der Waals surface area (Å²) in [5, 5.41) is 2.53. The summed E-state index contributed by atoms with van der Waals surface area (Å²) in [5.41, 5.74) is 1.10. The third-order valence-corrected chi connectivity index (χ3v) is 4.86. The fraction of sp³-hybridized carbons (Fsp3) is 0.412. The second kappa shape index (κ2) is 7.81. The predicted octanol–water partition coefficient (Wildman–Crippen LogP) is 3.99. The van der Waals surface area contributed by atoms with E-state index in [0.29, 0.717) is 23.8 Å². The van der Waals surface area contributed by atoms with Crippen LogP contribution in [0.1, 0.15) is 38.1 Å². The zero-order chi connectivity index (χ0) is 17.9. The standard InChI is InChI=1S/C17H21F2N3OS/c1-5-22(12(3)23)17-20-14(10-24-17)9-21(4)11(2)15-8-13(18)6-7-16(15)19/h6-8,10-11H,5,9H2,1-4H3. The van der Waals surface area contributed by atoms with Gasteiger partial charge in [-0.05, 0) is 39.1 Å². The number of nitrogens with zero attached hydrogens (tertiary/aromatic N) is 3. The van der Waals surface area contributed by atoms with E-state index < -0.39 is 11.6 Å². The SMILES string of the molecule is CCN(C(C)=O)c1nc(CN(C)C(C)c2cc(F)ccc2F)cs1. The van der Waals surface area contributed by atoms with Crippen LogP contribution in [0.25, 0.3) is 0 Å². The molecule has 0 aliphatic carbocycles. The molecule has 0 N–H and O–H groups in total. The molecule has 1 aromatic carbocycles. The van der Waals surface area contributed by atoms with Crippen molar-refractivity contribution in [1.29, 1.82) is 0 Å². The molecule has 2 aromatic rings. The second-order valence-electron chi connectivity index (χ2n) is 5.64. The van der Waals surface area contributed by atoms with Gasteiger partial charge >= 0.3 is 0 Å². The van der Waals surface area contributed by atoms with E-state index in [1.165, 1.54) is 24.3 Å². The first kappa shape index (κ1) is 18.5.